The summed E-state index contributed by atoms with van der Waals surface area (Å²) in [4.78, 5) is 6.74. The molecular formula is C19H23N7. The minimum atomic E-state index is 0.621. The maximum atomic E-state index is 4.32. The lowest BCUT2D eigenvalue weighted by atomic mass is 10.1. The van der Waals surface area contributed by atoms with Crippen LogP contribution in [0, 0.1) is 5.92 Å². The van der Waals surface area contributed by atoms with Crippen LogP contribution in [0.3, 0.4) is 0 Å². The quantitative estimate of drug-likeness (QED) is 0.704. The maximum absolute atomic E-state index is 4.32. The number of nitrogens with one attached hydrogen (secondary N) is 1. The number of benzene rings is 1. The van der Waals surface area contributed by atoms with Crippen LogP contribution < -0.4 is 5.32 Å². The van der Waals surface area contributed by atoms with Crippen LogP contribution in [-0.2, 0) is 13.1 Å². The summed E-state index contributed by atoms with van der Waals surface area (Å²) in [7, 11) is 0. The minimum absolute atomic E-state index is 0.621. The van der Waals surface area contributed by atoms with Crippen LogP contribution >= 0.6 is 0 Å². The molecule has 1 saturated heterocycles. The van der Waals surface area contributed by atoms with Crippen LogP contribution in [0.4, 0.5) is 5.82 Å². The topological polar surface area (TPSA) is 71.8 Å². The Hall–Kier alpha value is -2.80. The molecule has 3 aromatic rings. The molecule has 0 radical (unpaired) electrons. The number of hydrogen-bond acceptors (Lipinski definition) is 6. The molecule has 1 aliphatic rings. The highest BCUT2D eigenvalue weighted by Gasteiger charge is 2.24. The number of tetrazole rings is 1. The van der Waals surface area contributed by atoms with E-state index in [-0.39, 0.29) is 0 Å². The van der Waals surface area contributed by atoms with Crippen LogP contribution in [0.5, 0.6) is 0 Å². The molecule has 4 rings (SSSR count). The van der Waals surface area contributed by atoms with E-state index < -0.39 is 0 Å². The number of rotatable bonds is 7. The molecule has 0 spiro atoms. The first-order valence-corrected chi connectivity index (χ1v) is 9.03. The minimum Gasteiger partial charge on any atom is -0.370 e. The summed E-state index contributed by atoms with van der Waals surface area (Å²) < 4.78 is 1.90. The molecule has 1 fully saturated rings. The van der Waals surface area contributed by atoms with Gasteiger partial charge in [-0.3, -0.25) is 4.90 Å². The highest BCUT2D eigenvalue weighted by molar-refractivity contribution is 5.33. The van der Waals surface area contributed by atoms with Gasteiger partial charge in [-0.2, -0.15) is 0 Å². The van der Waals surface area contributed by atoms with Crippen molar-refractivity contribution < 1.29 is 0 Å². The number of nitrogens with zero attached hydrogens (tertiary/aromatic N) is 6. The molecule has 1 aliphatic heterocycles. The van der Waals surface area contributed by atoms with Gasteiger partial charge < -0.3 is 5.32 Å². The van der Waals surface area contributed by atoms with E-state index in [1.54, 1.807) is 0 Å². The van der Waals surface area contributed by atoms with Crippen molar-refractivity contribution in [3.8, 4) is 0 Å². The zero-order chi connectivity index (χ0) is 17.6. The molecule has 0 amide bonds. The lowest BCUT2D eigenvalue weighted by Gasteiger charge is -2.16. The number of likely N-dealkylation sites (tertiary alicyclic amines) is 1. The van der Waals surface area contributed by atoms with Gasteiger partial charge >= 0.3 is 0 Å². The van der Waals surface area contributed by atoms with Crippen LogP contribution in [0.1, 0.15) is 17.8 Å². The normalized spacial score (nSPS) is 17.5. The standard InChI is InChI=1S/C19H23N7/c1-2-6-16(7-3-1)14-26-19(22-23-24-26)15-25-11-9-17(13-25)12-21-18-8-4-5-10-20-18/h1-8,10,17H,9,11-15H2,(H,20,21). The van der Waals surface area contributed by atoms with Gasteiger partial charge in [0, 0.05) is 19.3 Å². The summed E-state index contributed by atoms with van der Waals surface area (Å²) in [5.74, 6) is 2.49. The third-order valence-electron chi connectivity index (χ3n) is 4.75. The van der Waals surface area contributed by atoms with Crippen LogP contribution in [0.25, 0.3) is 0 Å². The Morgan fingerprint density at radius 3 is 2.77 bits per heavy atom. The van der Waals surface area contributed by atoms with Gasteiger partial charge in [-0.25, -0.2) is 9.67 Å². The fraction of sp³-hybridized carbons (Fsp3) is 0.368. The van der Waals surface area contributed by atoms with Crippen molar-refractivity contribution in [2.24, 2.45) is 5.92 Å². The van der Waals surface area contributed by atoms with E-state index in [2.05, 4.69) is 42.9 Å². The number of pyridine rings is 1. The lowest BCUT2D eigenvalue weighted by Crippen LogP contribution is -2.25. The first-order chi connectivity index (χ1) is 12.9. The van der Waals surface area contributed by atoms with Crippen molar-refractivity contribution in [3.05, 3.63) is 66.1 Å². The van der Waals surface area contributed by atoms with Crippen LogP contribution in [-0.4, -0.2) is 49.7 Å². The highest BCUT2D eigenvalue weighted by Crippen LogP contribution is 2.18. The molecule has 0 bridgehead atoms. The second-order valence-corrected chi connectivity index (χ2v) is 6.72. The Labute approximate surface area is 153 Å². The average molecular weight is 349 g/mol. The summed E-state index contributed by atoms with van der Waals surface area (Å²) in [6, 6.07) is 16.2. The number of aromatic nitrogens is 5. The summed E-state index contributed by atoms with van der Waals surface area (Å²) in [5, 5.41) is 15.7. The van der Waals surface area contributed by atoms with Gasteiger partial charge in [0.2, 0.25) is 0 Å². The lowest BCUT2D eigenvalue weighted by molar-refractivity contribution is 0.304. The van der Waals surface area contributed by atoms with Crippen molar-refractivity contribution in [1.82, 2.24) is 30.1 Å². The SMILES string of the molecule is c1ccc(Cn2nnnc2CN2CCC(CNc3ccccn3)C2)cc1. The first-order valence-electron chi connectivity index (χ1n) is 9.03. The monoisotopic (exact) mass is 349 g/mol. The molecule has 1 unspecified atom stereocenters. The van der Waals surface area contributed by atoms with Crippen LogP contribution in [0.15, 0.2) is 54.7 Å². The highest BCUT2D eigenvalue weighted by atomic mass is 15.5. The molecule has 1 aromatic carbocycles. The van der Waals surface area contributed by atoms with Crippen molar-refractivity contribution in [3.63, 3.8) is 0 Å². The van der Waals surface area contributed by atoms with E-state index in [9.17, 15) is 0 Å². The van der Waals surface area contributed by atoms with Gasteiger partial charge in [-0.15, -0.1) is 5.10 Å². The van der Waals surface area contributed by atoms with Gasteiger partial charge in [0.25, 0.3) is 0 Å². The van der Waals surface area contributed by atoms with Crippen molar-refractivity contribution in [1.29, 1.82) is 0 Å². The fourth-order valence-corrected chi connectivity index (χ4v) is 3.35. The third-order valence-corrected chi connectivity index (χ3v) is 4.75. The predicted molar refractivity (Wildman–Crippen MR) is 99.5 cm³/mol. The Morgan fingerprint density at radius 2 is 1.92 bits per heavy atom. The first kappa shape index (κ1) is 16.7. The second kappa shape index (κ2) is 8.05. The summed E-state index contributed by atoms with van der Waals surface area (Å²) >= 11 is 0. The molecule has 7 heteroatoms. The van der Waals surface area contributed by atoms with E-state index in [0.717, 1.165) is 37.8 Å². The van der Waals surface area contributed by atoms with E-state index in [1.165, 1.54) is 12.0 Å². The van der Waals surface area contributed by atoms with Gasteiger partial charge in [0.05, 0.1) is 13.1 Å². The predicted octanol–water partition coefficient (Wildman–Crippen LogP) is 2.05. The molecule has 0 saturated carbocycles. The Morgan fingerprint density at radius 1 is 1.04 bits per heavy atom. The van der Waals surface area contributed by atoms with Crippen LogP contribution in [0.2, 0.25) is 0 Å². The molecule has 0 aliphatic carbocycles. The van der Waals surface area contributed by atoms with Crippen molar-refractivity contribution in [2.45, 2.75) is 19.5 Å². The Bertz CT molecular complexity index is 803. The Kier molecular flexibility index (Phi) is 5.16. The van der Waals surface area contributed by atoms with Gasteiger partial charge in [-0.1, -0.05) is 36.4 Å². The zero-order valence-corrected chi connectivity index (χ0v) is 14.7. The molecule has 134 valence electrons. The summed E-state index contributed by atoms with van der Waals surface area (Å²) in [6.07, 6.45) is 3.00. The van der Waals surface area contributed by atoms with Crippen molar-refractivity contribution >= 4 is 5.82 Å². The molecule has 26 heavy (non-hydrogen) atoms. The summed E-state index contributed by atoms with van der Waals surface area (Å²) in [5.41, 5.74) is 1.21. The molecular weight excluding hydrogens is 326 g/mol. The maximum Gasteiger partial charge on any atom is 0.165 e. The molecule has 1 atom stereocenters. The van der Waals surface area contributed by atoms with E-state index in [1.807, 2.05) is 47.3 Å². The number of anilines is 1. The fourth-order valence-electron chi connectivity index (χ4n) is 3.35. The third kappa shape index (κ3) is 4.23. The molecule has 1 N–H and O–H groups in total. The van der Waals surface area contributed by atoms with Crippen molar-refractivity contribution in [2.75, 3.05) is 25.0 Å². The number of hydrogen-bond donors (Lipinski definition) is 1. The van der Waals surface area contributed by atoms with E-state index in [4.69, 9.17) is 0 Å². The second-order valence-electron chi connectivity index (χ2n) is 6.72. The molecule has 2 aromatic heterocycles. The zero-order valence-electron chi connectivity index (χ0n) is 14.7. The Balaban J connectivity index is 1.30. The van der Waals surface area contributed by atoms with E-state index >= 15 is 0 Å². The average Bonchev–Trinajstić information content (AvgIpc) is 3.32. The van der Waals surface area contributed by atoms with Gasteiger partial charge in [0.15, 0.2) is 5.82 Å². The molecule has 7 nitrogen and oxygen atoms in total. The smallest absolute Gasteiger partial charge is 0.165 e. The van der Waals surface area contributed by atoms with Gasteiger partial charge in [0.1, 0.15) is 5.82 Å². The van der Waals surface area contributed by atoms with E-state index in [0.29, 0.717) is 12.5 Å². The molecule has 3 heterocycles. The largest absolute Gasteiger partial charge is 0.370 e. The van der Waals surface area contributed by atoms with Gasteiger partial charge in [-0.05, 0) is 47.0 Å². The summed E-state index contributed by atoms with van der Waals surface area (Å²) in [6.45, 7) is 4.58.